The first-order valence-corrected chi connectivity index (χ1v) is 9.52. The first kappa shape index (κ1) is 19.2. The minimum Gasteiger partial charge on any atom is -0.495 e. The van der Waals surface area contributed by atoms with Gasteiger partial charge >= 0.3 is 5.97 Å². The first-order valence-electron chi connectivity index (χ1n) is 7.70. The van der Waals surface area contributed by atoms with E-state index in [0.717, 1.165) is 17.5 Å². The van der Waals surface area contributed by atoms with Crippen LogP contribution in [0.1, 0.15) is 10.4 Å². The van der Waals surface area contributed by atoms with E-state index in [4.69, 9.17) is 21.1 Å². The second-order valence-electron chi connectivity index (χ2n) is 5.52. The molecule has 1 heterocycles. The lowest BCUT2D eigenvalue weighted by Crippen LogP contribution is -2.38. The van der Waals surface area contributed by atoms with Crippen LogP contribution in [0.15, 0.2) is 35.2 Å². The lowest BCUT2D eigenvalue weighted by molar-refractivity contribution is 0.0600. The van der Waals surface area contributed by atoms with E-state index in [0.29, 0.717) is 0 Å². The van der Waals surface area contributed by atoms with Crippen molar-refractivity contribution in [1.29, 1.82) is 0 Å². The molecule has 0 N–H and O–H groups in total. The van der Waals surface area contributed by atoms with Crippen molar-refractivity contribution in [3.8, 4) is 11.5 Å². The minimum absolute atomic E-state index is 0.0659. The van der Waals surface area contributed by atoms with Crippen molar-refractivity contribution in [3.05, 3.63) is 46.7 Å². The lowest BCUT2D eigenvalue weighted by atomic mass is 10.1. The molecular weight excluding hydrogens is 401 g/mol. The van der Waals surface area contributed by atoms with Crippen molar-refractivity contribution in [1.82, 2.24) is 0 Å². The fourth-order valence-electron chi connectivity index (χ4n) is 2.71. The molecule has 0 aromatic heterocycles. The van der Waals surface area contributed by atoms with Gasteiger partial charge in [0.2, 0.25) is 0 Å². The van der Waals surface area contributed by atoms with E-state index >= 15 is 0 Å². The third-order valence-electron chi connectivity index (χ3n) is 3.95. The van der Waals surface area contributed by atoms with E-state index in [9.17, 15) is 17.6 Å². The maximum absolute atomic E-state index is 14.4. The molecule has 3 rings (SSSR count). The largest absolute Gasteiger partial charge is 0.495 e. The maximum Gasteiger partial charge on any atom is 0.338 e. The number of sulfonamides is 1. The number of anilines is 1. The molecule has 7 nitrogen and oxygen atoms in total. The normalized spacial score (nSPS) is 13.6. The average Bonchev–Trinajstić information content (AvgIpc) is 2.66. The fraction of sp³-hybridized carbons (Fsp3) is 0.235. The molecule has 27 heavy (non-hydrogen) atoms. The van der Waals surface area contributed by atoms with Crippen LogP contribution in [0.5, 0.6) is 11.5 Å². The van der Waals surface area contributed by atoms with Crippen LogP contribution in [0.2, 0.25) is 5.02 Å². The number of halogens is 2. The Bertz CT molecular complexity index is 1010. The molecule has 0 saturated carbocycles. The summed E-state index contributed by atoms with van der Waals surface area (Å²) < 4.78 is 56.8. The number of hydrogen-bond acceptors (Lipinski definition) is 6. The van der Waals surface area contributed by atoms with Crippen molar-refractivity contribution in [2.24, 2.45) is 0 Å². The summed E-state index contributed by atoms with van der Waals surface area (Å²) in [6.07, 6.45) is 0. The molecule has 0 amide bonds. The molecule has 2 aromatic rings. The van der Waals surface area contributed by atoms with Crippen LogP contribution in [0, 0.1) is 5.82 Å². The highest BCUT2D eigenvalue weighted by Crippen LogP contribution is 2.40. The number of carbonyl (C=O) groups excluding carboxylic acids is 1. The van der Waals surface area contributed by atoms with Gasteiger partial charge in [-0.05, 0) is 30.3 Å². The number of rotatable bonds is 4. The van der Waals surface area contributed by atoms with Gasteiger partial charge in [-0.15, -0.1) is 0 Å². The molecule has 144 valence electrons. The molecule has 0 radical (unpaired) electrons. The third kappa shape index (κ3) is 3.40. The van der Waals surface area contributed by atoms with Crippen molar-refractivity contribution >= 4 is 33.3 Å². The van der Waals surface area contributed by atoms with Gasteiger partial charge in [-0.2, -0.15) is 0 Å². The Morgan fingerprint density at radius 2 is 2.00 bits per heavy atom. The smallest absolute Gasteiger partial charge is 0.338 e. The van der Waals surface area contributed by atoms with E-state index in [2.05, 4.69) is 4.74 Å². The molecule has 0 fully saturated rings. The standard InChI is InChI=1S/C17H15ClFNO6S/c1-24-14-4-3-11(18)9-15(14)27(22,23)20-5-6-26-16-12(19)7-10(8-13(16)20)17(21)25-2/h3-4,7-9H,5-6H2,1-2H3. The Kier molecular flexibility index (Phi) is 5.16. The molecular formula is C17H15ClFNO6S. The number of esters is 1. The van der Waals surface area contributed by atoms with Crippen molar-refractivity contribution in [2.45, 2.75) is 4.90 Å². The molecule has 0 spiro atoms. The molecule has 0 aliphatic carbocycles. The second kappa shape index (κ2) is 7.24. The molecule has 2 aromatic carbocycles. The van der Waals surface area contributed by atoms with Gasteiger partial charge in [0, 0.05) is 5.02 Å². The predicted molar refractivity (Wildman–Crippen MR) is 95.8 cm³/mol. The number of carbonyl (C=O) groups is 1. The van der Waals surface area contributed by atoms with Gasteiger partial charge < -0.3 is 14.2 Å². The average molecular weight is 416 g/mol. The van der Waals surface area contributed by atoms with E-state index in [1.807, 2.05) is 0 Å². The predicted octanol–water partition coefficient (Wildman–Crippen LogP) is 2.86. The molecule has 1 aliphatic heterocycles. The number of benzene rings is 2. The number of nitrogens with zero attached hydrogens (tertiary/aromatic N) is 1. The van der Waals surface area contributed by atoms with E-state index < -0.39 is 21.8 Å². The quantitative estimate of drug-likeness (QED) is 0.714. The molecule has 10 heteroatoms. The summed E-state index contributed by atoms with van der Waals surface area (Å²) in [5.74, 6) is -1.86. The number of methoxy groups -OCH3 is 2. The van der Waals surface area contributed by atoms with Gasteiger partial charge in [0.15, 0.2) is 11.6 Å². The summed E-state index contributed by atoms with van der Waals surface area (Å²) in [4.78, 5) is 11.6. The SMILES string of the molecule is COC(=O)c1cc(F)c2c(c1)N(S(=O)(=O)c1cc(Cl)ccc1OC)CCO2. The van der Waals surface area contributed by atoms with Gasteiger partial charge in [-0.1, -0.05) is 11.6 Å². The zero-order valence-electron chi connectivity index (χ0n) is 14.4. The summed E-state index contributed by atoms with van der Waals surface area (Å²) in [6.45, 7) is -0.154. The van der Waals surface area contributed by atoms with Gasteiger partial charge in [-0.25, -0.2) is 17.6 Å². The number of fused-ring (bicyclic) bond motifs is 1. The monoisotopic (exact) mass is 415 g/mol. The summed E-state index contributed by atoms with van der Waals surface area (Å²) in [6, 6.07) is 6.29. The number of hydrogen-bond donors (Lipinski definition) is 0. The van der Waals surface area contributed by atoms with Gasteiger partial charge in [0.1, 0.15) is 17.3 Å². The zero-order valence-corrected chi connectivity index (χ0v) is 15.9. The summed E-state index contributed by atoms with van der Waals surface area (Å²) in [5.41, 5.74) is -0.249. The Morgan fingerprint density at radius 3 is 2.67 bits per heavy atom. The number of ether oxygens (including phenoxy) is 3. The maximum atomic E-state index is 14.4. The van der Waals surface area contributed by atoms with Crippen LogP contribution >= 0.6 is 11.6 Å². The summed E-state index contributed by atoms with van der Waals surface area (Å²) in [5, 5.41) is 0.192. The highest BCUT2D eigenvalue weighted by Gasteiger charge is 2.34. The van der Waals surface area contributed by atoms with Crippen molar-refractivity contribution in [3.63, 3.8) is 0 Å². The Hall–Kier alpha value is -2.52. The Morgan fingerprint density at radius 1 is 1.26 bits per heavy atom. The third-order valence-corrected chi connectivity index (χ3v) is 6.02. The topological polar surface area (TPSA) is 82.1 Å². The van der Waals surface area contributed by atoms with Gasteiger partial charge in [0.25, 0.3) is 10.0 Å². The molecule has 0 bridgehead atoms. The van der Waals surface area contributed by atoms with Crippen LogP contribution in [0.3, 0.4) is 0 Å². The Labute approximate surface area is 160 Å². The minimum atomic E-state index is -4.18. The highest BCUT2D eigenvalue weighted by atomic mass is 35.5. The van der Waals surface area contributed by atoms with Gasteiger partial charge in [0.05, 0.1) is 32.0 Å². The van der Waals surface area contributed by atoms with E-state index in [-0.39, 0.29) is 45.8 Å². The van der Waals surface area contributed by atoms with Crippen LogP contribution in [-0.2, 0) is 14.8 Å². The molecule has 1 aliphatic rings. The van der Waals surface area contributed by atoms with Gasteiger partial charge in [-0.3, -0.25) is 4.31 Å². The first-order chi connectivity index (χ1) is 12.8. The summed E-state index contributed by atoms with van der Waals surface area (Å²) >= 11 is 5.95. The van der Waals surface area contributed by atoms with Crippen molar-refractivity contribution < 1.29 is 31.8 Å². The molecule has 0 unspecified atom stereocenters. The Balaban J connectivity index is 2.19. The van der Waals surface area contributed by atoms with Crippen LogP contribution in [0.25, 0.3) is 0 Å². The van der Waals surface area contributed by atoms with Crippen LogP contribution < -0.4 is 13.8 Å². The lowest BCUT2D eigenvalue weighted by Gasteiger charge is -2.31. The second-order valence-corrected chi connectivity index (χ2v) is 7.79. The highest BCUT2D eigenvalue weighted by molar-refractivity contribution is 7.93. The van der Waals surface area contributed by atoms with E-state index in [1.54, 1.807) is 0 Å². The van der Waals surface area contributed by atoms with Crippen LogP contribution in [0.4, 0.5) is 10.1 Å². The van der Waals surface area contributed by atoms with E-state index in [1.165, 1.54) is 31.4 Å². The molecule has 0 saturated heterocycles. The molecule has 0 atom stereocenters. The fourth-order valence-corrected chi connectivity index (χ4v) is 4.58. The summed E-state index contributed by atoms with van der Waals surface area (Å²) in [7, 11) is -1.72. The zero-order chi connectivity index (χ0) is 19.8. The van der Waals surface area contributed by atoms with Crippen LogP contribution in [-0.4, -0.2) is 41.8 Å². The van der Waals surface area contributed by atoms with Crippen molar-refractivity contribution in [2.75, 3.05) is 31.7 Å².